The van der Waals surface area contributed by atoms with Gasteiger partial charge in [-0.15, -0.1) is 23.5 Å². The molecular weight excluding hydrogens is 871 g/mol. The van der Waals surface area contributed by atoms with Gasteiger partial charge in [-0.1, -0.05) is 0 Å². The first-order valence-electron chi connectivity index (χ1n) is 18.6. The fraction of sp³-hybridized carbons (Fsp3) is 0.389. The van der Waals surface area contributed by atoms with E-state index in [0.29, 0.717) is 56.5 Å². The molecule has 26 heteroatoms. The molecule has 0 radical (unpaired) electrons. The zero-order chi connectivity index (χ0) is 46.0. The number of guanidine groups is 2. The molecule has 4 amide bonds. The van der Waals surface area contributed by atoms with Crippen molar-refractivity contribution in [1.29, 1.82) is 0 Å². The molecule has 0 spiro atoms. The number of benzene rings is 2. The van der Waals surface area contributed by atoms with Crippen molar-refractivity contribution in [3.05, 3.63) is 59.2 Å². The van der Waals surface area contributed by atoms with Crippen molar-refractivity contribution in [2.45, 2.75) is 60.7 Å². The fourth-order valence-corrected chi connectivity index (χ4v) is 6.95. The van der Waals surface area contributed by atoms with Crippen molar-refractivity contribution >= 4 is 81.8 Å². The second-order valence-corrected chi connectivity index (χ2v) is 15.2. The summed E-state index contributed by atoms with van der Waals surface area (Å²) in [4.78, 5) is 67.0. The average molecular weight is 918 g/mol. The third-order valence-corrected chi connectivity index (χ3v) is 10.3. The zero-order valence-electron chi connectivity index (χ0n) is 33.0. The molecule has 0 atom stereocenters. The molecule has 0 aliphatic heterocycles. The smallest absolute Gasteiger partial charge is 0.370 e. The maximum absolute atomic E-state index is 14.1. The minimum absolute atomic E-state index is 0.0133. The molecule has 18 nitrogen and oxygen atoms in total. The number of aromatic nitrogens is 2. The Morgan fingerprint density at radius 2 is 1.05 bits per heavy atom. The van der Waals surface area contributed by atoms with Crippen molar-refractivity contribution in [3.63, 3.8) is 0 Å². The van der Waals surface area contributed by atoms with Crippen LogP contribution in [0.4, 0.5) is 49.1 Å². The van der Waals surface area contributed by atoms with Gasteiger partial charge in [-0.05, 0) is 49.9 Å². The third-order valence-electron chi connectivity index (χ3n) is 8.00. The van der Waals surface area contributed by atoms with Gasteiger partial charge in [0, 0.05) is 50.0 Å². The molecule has 0 fully saturated rings. The largest absolute Gasteiger partial charge is 0.416 e. The van der Waals surface area contributed by atoms with Crippen molar-refractivity contribution in [2.24, 2.45) is 39.4 Å². The molecule has 338 valence electrons. The van der Waals surface area contributed by atoms with Gasteiger partial charge in [-0.3, -0.25) is 40.6 Å². The molecular formula is C36H47F6N14O4S2+. The number of nitrogens with one attached hydrogen (secondary N) is 5. The van der Waals surface area contributed by atoms with E-state index < -0.39 is 58.5 Å². The van der Waals surface area contributed by atoms with Gasteiger partial charge in [0.2, 0.25) is 11.8 Å². The zero-order valence-corrected chi connectivity index (χ0v) is 34.6. The number of unbranched alkanes of at least 4 members (excludes halogenated alkanes) is 2. The molecule has 3 rings (SSSR count). The van der Waals surface area contributed by atoms with E-state index in [2.05, 4.69) is 41.2 Å². The molecule has 0 saturated carbocycles. The first-order valence-corrected chi connectivity index (χ1v) is 20.6. The molecule has 0 unspecified atom stereocenters. The summed E-state index contributed by atoms with van der Waals surface area (Å²) >= 11 is 1.89. The number of rotatable bonds is 22. The summed E-state index contributed by atoms with van der Waals surface area (Å²) in [7, 11) is 0. The number of amides is 4. The Labute approximate surface area is 359 Å². The van der Waals surface area contributed by atoms with Crippen LogP contribution >= 0.6 is 23.5 Å². The van der Waals surface area contributed by atoms with Crippen LogP contribution in [0, 0.1) is 0 Å². The average Bonchev–Trinajstić information content (AvgIpc) is 3.18. The molecule has 1 aromatic heterocycles. The van der Waals surface area contributed by atoms with Crippen LogP contribution in [0.3, 0.4) is 0 Å². The summed E-state index contributed by atoms with van der Waals surface area (Å²) < 4.78 is 84.8. The van der Waals surface area contributed by atoms with E-state index in [1.165, 1.54) is 0 Å². The van der Waals surface area contributed by atoms with Crippen LogP contribution in [0.15, 0.2) is 51.4 Å². The number of hydrogen-bond donors (Lipinski definition) is 11. The number of anilines is 4. The Hall–Kier alpha value is -5.86. The lowest BCUT2D eigenvalue weighted by atomic mass is 10.1. The summed E-state index contributed by atoms with van der Waals surface area (Å²) in [6.45, 7) is 0.715. The number of carbonyl (C=O) groups excluding carboxylic acids is 4. The van der Waals surface area contributed by atoms with Gasteiger partial charge in [0.05, 0.1) is 50.2 Å². The van der Waals surface area contributed by atoms with E-state index in [-0.39, 0.29) is 88.4 Å². The van der Waals surface area contributed by atoms with Crippen LogP contribution in [0.2, 0.25) is 0 Å². The van der Waals surface area contributed by atoms with Crippen LogP contribution in [0.1, 0.15) is 70.6 Å². The van der Waals surface area contributed by atoms with E-state index >= 15 is 0 Å². The lowest BCUT2D eigenvalue weighted by Crippen LogP contribution is -2.78. The Kier molecular flexibility index (Phi) is 19.5. The van der Waals surface area contributed by atoms with Crippen molar-refractivity contribution < 1.29 is 50.5 Å². The second-order valence-electron chi connectivity index (χ2n) is 13.0. The molecule has 2 aromatic carbocycles. The maximum Gasteiger partial charge on any atom is 0.416 e. The van der Waals surface area contributed by atoms with Gasteiger partial charge in [0.15, 0.2) is 5.96 Å². The van der Waals surface area contributed by atoms with Crippen LogP contribution in [-0.4, -0.2) is 83.2 Å². The number of aliphatic imine (C=N–C) groups is 1. The van der Waals surface area contributed by atoms with Crippen LogP contribution in [0.5, 0.6) is 0 Å². The van der Waals surface area contributed by atoms with Crippen molar-refractivity contribution in [3.8, 4) is 0 Å². The van der Waals surface area contributed by atoms with E-state index in [1.54, 1.807) is 0 Å². The number of nitrogens with two attached hydrogens (primary N) is 6. The standard InChI is InChI=1S/C36H46F6N14O4S2/c37-35(38,39)19-13-21(53-27(57)5-1-3-9-49-33(45)46)29(61-11-7-43)23(15-19)55-31(59)25-17-26(52-18-51-25)32(60)56-24-16-20(36(40,41)42)14-22(30(24)62-12-8-44)54-28(58)6-2-4-10-50-34(47)48/h13-18H,1-12,43-44H2,(H,53,57)(H,54,58)(H,55,59)(H,56,60)(H4,45,46,49)(H4,47,48,50)/p+1. The lowest BCUT2D eigenvalue weighted by molar-refractivity contribution is -0.459. The SMILES string of the molecule is NCCSc1c(NC(=O)CCCCN=C(N)N)cc(C(F)(F)F)cc1NC(=O)c1cc(C(=O)Nc2cc(C(F)(F)F)cc(NC(=O)CCCC[NH+]=C(N)N)c2SCCN)ncn1. The number of thioether (sulfide) groups is 2. The lowest BCUT2D eigenvalue weighted by Gasteiger charge is -2.19. The van der Waals surface area contributed by atoms with Gasteiger partial charge < -0.3 is 44.2 Å². The third kappa shape index (κ3) is 16.5. The number of halogens is 6. The summed E-state index contributed by atoms with van der Waals surface area (Å²) in [6, 6.07) is 3.59. The highest BCUT2D eigenvalue weighted by atomic mass is 32.2. The van der Waals surface area contributed by atoms with Gasteiger partial charge in [0.1, 0.15) is 17.7 Å². The predicted octanol–water partition coefficient (Wildman–Crippen LogP) is 1.97. The normalized spacial score (nSPS) is 11.4. The van der Waals surface area contributed by atoms with Crippen molar-refractivity contribution in [2.75, 3.05) is 59.0 Å². The first kappa shape index (κ1) is 50.5. The van der Waals surface area contributed by atoms with Gasteiger partial charge in [-0.2, -0.15) is 26.3 Å². The molecule has 0 aliphatic carbocycles. The maximum atomic E-state index is 14.1. The van der Waals surface area contributed by atoms with E-state index in [9.17, 15) is 45.5 Å². The second kappa shape index (κ2) is 24.0. The molecule has 1 heterocycles. The fourth-order valence-electron chi connectivity index (χ4n) is 5.24. The monoisotopic (exact) mass is 917 g/mol. The minimum atomic E-state index is -4.93. The quantitative estimate of drug-likeness (QED) is 0.0226. The highest BCUT2D eigenvalue weighted by Gasteiger charge is 2.34. The van der Waals surface area contributed by atoms with E-state index in [0.717, 1.165) is 35.9 Å². The summed E-state index contributed by atoms with van der Waals surface area (Å²) in [5.74, 6) is -3.32. The predicted molar refractivity (Wildman–Crippen MR) is 225 cm³/mol. The number of hydrogen-bond acceptors (Lipinski definition) is 11. The Balaban J connectivity index is 1.95. The summed E-state index contributed by atoms with van der Waals surface area (Å²) in [5, 5.41) is 9.64. The number of nitrogens with zero attached hydrogens (tertiary/aromatic N) is 3. The first-order chi connectivity index (χ1) is 29.2. The van der Waals surface area contributed by atoms with Crippen LogP contribution in [-0.2, 0) is 21.9 Å². The molecule has 0 saturated heterocycles. The van der Waals surface area contributed by atoms with Crippen molar-refractivity contribution in [1.82, 2.24) is 9.97 Å². The molecule has 3 aromatic rings. The van der Waals surface area contributed by atoms with Gasteiger partial charge in [-0.25, -0.2) is 9.97 Å². The Bertz CT molecular complexity index is 1970. The Morgan fingerprint density at radius 3 is 1.44 bits per heavy atom. The molecule has 62 heavy (non-hydrogen) atoms. The van der Waals surface area contributed by atoms with E-state index in [4.69, 9.17) is 34.4 Å². The topological polar surface area (TPSA) is 325 Å². The number of alkyl halides is 6. The summed E-state index contributed by atoms with van der Waals surface area (Å²) in [6.07, 6.45) is -7.76. The van der Waals surface area contributed by atoms with Gasteiger partial charge >= 0.3 is 18.3 Å². The van der Waals surface area contributed by atoms with Gasteiger partial charge in [0.25, 0.3) is 11.8 Å². The van der Waals surface area contributed by atoms with Crippen LogP contribution < -0.4 is 60.7 Å². The molecule has 17 N–H and O–H groups in total. The molecule has 0 bridgehead atoms. The highest BCUT2D eigenvalue weighted by Crippen LogP contribution is 2.43. The minimum Gasteiger partial charge on any atom is -0.370 e. The number of carbonyl (C=O) groups is 4. The van der Waals surface area contributed by atoms with E-state index in [1.807, 2.05) is 0 Å². The molecule has 0 aliphatic rings. The Morgan fingerprint density at radius 1 is 0.629 bits per heavy atom. The summed E-state index contributed by atoms with van der Waals surface area (Å²) in [5.41, 5.74) is 27.8. The highest BCUT2D eigenvalue weighted by molar-refractivity contribution is 7.99. The van der Waals surface area contributed by atoms with Crippen LogP contribution in [0.25, 0.3) is 0 Å².